The monoisotopic (exact) mass is 1140 g/mol. The Kier molecular flexibility index (Phi) is 63.5. The molecule has 0 radical (unpaired) electrons. The van der Waals surface area contributed by atoms with Gasteiger partial charge in [-0.1, -0.05) is 279 Å². The number of rotatable bonds is 56. The predicted octanol–water partition coefficient (Wildman–Crippen LogP) is 22.8. The Labute approximate surface area is 509 Å². The second-order valence-corrected chi connectivity index (χ2v) is 20.6. The van der Waals surface area contributed by atoms with Crippen molar-refractivity contribution < 1.29 is 28.6 Å². The SMILES string of the molecule is CC/C=C\C/C=C\C/C=C\C/C=C\C/C=C\C/C=C\C/C=C\C/C=C\C/C=C\CCCC(=O)OCC(COC(=O)CCCCCCCCC)OC(=O)CCCCCC/C=C\C/C=C\C/C=C\C/C=C\C/C=C\C/C=C\C/C=C\C/C=C\CC. The molecule has 0 heterocycles. The largest absolute Gasteiger partial charge is 0.462 e. The second-order valence-electron chi connectivity index (χ2n) is 20.6. The number of carbonyl (C=O) groups is 3. The van der Waals surface area contributed by atoms with Gasteiger partial charge in [-0.2, -0.15) is 0 Å². The van der Waals surface area contributed by atoms with Gasteiger partial charge in [0.05, 0.1) is 0 Å². The molecule has 83 heavy (non-hydrogen) atoms. The maximum Gasteiger partial charge on any atom is 0.306 e. The van der Waals surface area contributed by atoms with E-state index in [1.165, 1.54) is 25.7 Å². The van der Waals surface area contributed by atoms with Crippen LogP contribution in [0.2, 0.25) is 0 Å². The molecule has 0 rings (SSSR count). The van der Waals surface area contributed by atoms with Crippen LogP contribution >= 0.6 is 0 Å². The smallest absolute Gasteiger partial charge is 0.306 e. The van der Waals surface area contributed by atoms with Crippen molar-refractivity contribution in [2.24, 2.45) is 0 Å². The summed E-state index contributed by atoms with van der Waals surface area (Å²) in [7, 11) is 0. The minimum absolute atomic E-state index is 0.117. The van der Waals surface area contributed by atoms with E-state index in [0.717, 1.165) is 167 Å². The van der Waals surface area contributed by atoms with E-state index in [0.29, 0.717) is 12.8 Å². The maximum atomic E-state index is 12.9. The average Bonchev–Trinajstić information content (AvgIpc) is 3.49. The van der Waals surface area contributed by atoms with Crippen molar-refractivity contribution in [2.45, 2.75) is 245 Å². The van der Waals surface area contributed by atoms with Gasteiger partial charge in [0.25, 0.3) is 0 Å². The molecule has 1 atom stereocenters. The van der Waals surface area contributed by atoms with Gasteiger partial charge in [-0.15, -0.1) is 0 Å². The number of allylic oxidation sites excluding steroid dienone is 34. The summed E-state index contributed by atoms with van der Waals surface area (Å²) in [6, 6.07) is 0. The molecule has 6 heteroatoms. The summed E-state index contributed by atoms with van der Waals surface area (Å²) < 4.78 is 16.7. The molecule has 1 unspecified atom stereocenters. The number of carbonyl (C=O) groups excluding carboxylic acids is 3. The van der Waals surface area contributed by atoms with Crippen LogP contribution in [0.1, 0.15) is 239 Å². The highest BCUT2D eigenvalue weighted by Crippen LogP contribution is 2.12. The summed E-state index contributed by atoms with van der Waals surface area (Å²) in [5.41, 5.74) is 0. The second kappa shape index (κ2) is 68.5. The summed E-state index contributed by atoms with van der Waals surface area (Å²) in [5.74, 6) is -1.02. The molecule has 0 bridgehead atoms. The van der Waals surface area contributed by atoms with Crippen molar-refractivity contribution in [3.63, 3.8) is 0 Å². The molecule has 0 aromatic carbocycles. The Balaban J connectivity index is 4.37. The third-order valence-corrected chi connectivity index (χ3v) is 12.8. The van der Waals surface area contributed by atoms with Crippen LogP contribution < -0.4 is 0 Å². The first-order chi connectivity index (χ1) is 41.0. The van der Waals surface area contributed by atoms with Gasteiger partial charge in [-0.05, 0) is 148 Å². The zero-order valence-corrected chi connectivity index (χ0v) is 52.6. The van der Waals surface area contributed by atoms with Gasteiger partial charge < -0.3 is 14.2 Å². The van der Waals surface area contributed by atoms with Crippen molar-refractivity contribution in [2.75, 3.05) is 13.2 Å². The molecule has 0 N–H and O–H groups in total. The molecule has 460 valence electrons. The molecule has 0 spiro atoms. The average molecular weight is 1140 g/mol. The third kappa shape index (κ3) is 66.7. The van der Waals surface area contributed by atoms with Crippen LogP contribution in [-0.4, -0.2) is 37.2 Å². The normalized spacial score (nSPS) is 13.5. The molecule has 0 aliphatic carbocycles. The lowest BCUT2D eigenvalue weighted by Crippen LogP contribution is -2.30. The fraction of sp³-hybridized carbons (Fsp3) is 0.519. The molecule has 0 saturated carbocycles. The Hall–Kier alpha value is -6.01. The van der Waals surface area contributed by atoms with Crippen LogP contribution in [0.4, 0.5) is 0 Å². The highest BCUT2D eigenvalue weighted by molar-refractivity contribution is 5.71. The molecule has 6 nitrogen and oxygen atoms in total. The predicted molar refractivity (Wildman–Crippen MR) is 361 cm³/mol. The number of ether oxygens (including phenoxy) is 3. The van der Waals surface area contributed by atoms with E-state index in [1.54, 1.807) is 0 Å². The highest BCUT2D eigenvalue weighted by Gasteiger charge is 2.19. The van der Waals surface area contributed by atoms with Crippen molar-refractivity contribution in [1.82, 2.24) is 0 Å². The Morgan fingerprint density at radius 1 is 0.253 bits per heavy atom. The fourth-order valence-electron chi connectivity index (χ4n) is 7.99. The van der Waals surface area contributed by atoms with Crippen molar-refractivity contribution in [3.8, 4) is 0 Å². The molecule has 0 amide bonds. The molecular formula is C77H116O6. The zero-order chi connectivity index (χ0) is 59.9. The highest BCUT2D eigenvalue weighted by atomic mass is 16.6. The number of hydrogen-bond donors (Lipinski definition) is 0. The van der Waals surface area contributed by atoms with E-state index >= 15 is 0 Å². The summed E-state index contributed by atoms with van der Waals surface area (Å²) >= 11 is 0. The molecule has 0 saturated heterocycles. The van der Waals surface area contributed by atoms with Crippen molar-refractivity contribution in [3.05, 3.63) is 207 Å². The van der Waals surface area contributed by atoms with Crippen LogP contribution in [0.5, 0.6) is 0 Å². The summed E-state index contributed by atoms with van der Waals surface area (Å²) in [6.07, 6.45) is 106. The van der Waals surface area contributed by atoms with Gasteiger partial charge in [-0.3, -0.25) is 14.4 Å². The van der Waals surface area contributed by atoms with E-state index in [2.05, 4.69) is 227 Å². The summed E-state index contributed by atoms with van der Waals surface area (Å²) in [4.78, 5) is 38.1. The maximum absolute atomic E-state index is 12.9. The minimum atomic E-state index is -0.826. The lowest BCUT2D eigenvalue weighted by molar-refractivity contribution is -0.167. The zero-order valence-electron chi connectivity index (χ0n) is 52.6. The lowest BCUT2D eigenvalue weighted by Gasteiger charge is -2.18. The van der Waals surface area contributed by atoms with Gasteiger partial charge in [-0.25, -0.2) is 0 Å². The lowest BCUT2D eigenvalue weighted by atomic mass is 10.1. The van der Waals surface area contributed by atoms with Gasteiger partial charge >= 0.3 is 17.9 Å². The third-order valence-electron chi connectivity index (χ3n) is 12.8. The van der Waals surface area contributed by atoms with E-state index < -0.39 is 6.10 Å². The first-order valence-corrected chi connectivity index (χ1v) is 32.6. The fourth-order valence-corrected chi connectivity index (χ4v) is 7.99. The van der Waals surface area contributed by atoms with Crippen molar-refractivity contribution >= 4 is 17.9 Å². The van der Waals surface area contributed by atoms with Gasteiger partial charge in [0.2, 0.25) is 0 Å². The molecule has 0 aliphatic rings. The van der Waals surface area contributed by atoms with E-state index in [4.69, 9.17) is 14.2 Å². The first kappa shape index (κ1) is 77.0. The molecular weight excluding hydrogens is 1020 g/mol. The van der Waals surface area contributed by atoms with Crippen molar-refractivity contribution in [1.29, 1.82) is 0 Å². The van der Waals surface area contributed by atoms with Crippen LogP contribution in [0.25, 0.3) is 0 Å². The van der Waals surface area contributed by atoms with E-state index in [1.807, 2.05) is 0 Å². The van der Waals surface area contributed by atoms with Gasteiger partial charge in [0, 0.05) is 19.3 Å². The van der Waals surface area contributed by atoms with E-state index in [9.17, 15) is 14.4 Å². The van der Waals surface area contributed by atoms with Crippen LogP contribution in [0.15, 0.2) is 207 Å². The Morgan fingerprint density at radius 3 is 0.783 bits per heavy atom. The van der Waals surface area contributed by atoms with Crippen LogP contribution in [-0.2, 0) is 28.6 Å². The van der Waals surface area contributed by atoms with Gasteiger partial charge in [0.1, 0.15) is 13.2 Å². The quantitative estimate of drug-likeness (QED) is 0.0261. The minimum Gasteiger partial charge on any atom is -0.462 e. The number of esters is 3. The number of hydrogen-bond acceptors (Lipinski definition) is 6. The number of unbranched alkanes of at least 4 members (excludes halogenated alkanes) is 11. The standard InChI is InChI=1S/C77H116O6/c1-4-7-10-13-16-18-20-22-24-26-28-30-32-34-36-38-40-42-44-46-48-50-52-54-56-58-61-64-67-70-76(79)82-73-74(72-81-75(78)69-66-63-60-15-12-9-6-3)83-77(80)71-68-65-62-59-57-55-53-51-49-47-45-43-41-39-37-35-33-31-29-27-25-23-21-19-17-14-11-8-5-2/h7-8,10-11,16-19,22-25,28-31,34-37,40-43,46-49,52-55,58,61,74H,4-6,9,12-15,20-21,26-27,32-33,38-39,44-45,50-51,56-57,59-60,62-73H2,1-3H3/b10-7-,11-8-,18-16-,19-17-,24-22-,25-23-,30-28-,31-29-,36-34-,37-35-,42-40-,43-41-,48-46-,49-47-,54-52-,55-53-,61-58-. The Bertz CT molecular complexity index is 2030. The molecule has 0 aliphatic heterocycles. The first-order valence-electron chi connectivity index (χ1n) is 32.6. The van der Waals surface area contributed by atoms with E-state index in [-0.39, 0.29) is 44.0 Å². The summed E-state index contributed by atoms with van der Waals surface area (Å²) in [6.45, 7) is 6.27. The van der Waals surface area contributed by atoms with Gasteiger partial charge in [0.15, 0.2) is 6.10 Å². The molecule has 0 fully saturated rings. The van der Waals surface area contributed by atoms with Crippen LogP contribution in [0, 0.1) is 0 Å². The Morgan fingerprint density at radius 2 is 0.482 bits per heavy atom. The molecule has 0 aromatic rings. The topological polar surface area (TPSA) is 78.9 Å². The molecule has 0 aromatic heterocycles. The summed E-state index contributed by atoms with van der Waals surface area (Å²) in [5, 5.41) is 0. The van der Waals surface area contributed by atoms with Crippen LogP contribution in [0.3, 0.4) is 0 Å².